The number of allylic oxidation sites excluding steroid dienone is 14. The van der Waals surface area contributed by atoms with Crippen molar-refractivity contribution in [1.82, 2.24) is 0 Å². The van der Waals surface area contributed by atoms with Gasteiger partial charge in [0.05, 0.1) is 0 Å². The highest BCUT2D eigenvalue weighted by atomic mass is 16.6. The van der Waals surface area contributed by atoms with E-state index in [1.54, 1.807) is 0 Å². The molecular weight excluding hydrogens is 937 g/mol. The van der Waals surface area contributed by atoms with E-state index in [2.05, 4.69) is 106 Å². The molecule has 0 N–H and O–H groups in total. The van der Waals surface area contributed by atoms with Gasteiger partial charge >= 0.3 is 17.9 Å². The third-order valence-electron chi connectivity index (χ3n) is 14.1. The van der Waals surface area contributed by atoms with Crippen LogP contribution in [0.1, 0.15) is 323 Å². The van der Waals surface area contributed by atoms with Gasteiger partial charge in [0.25, 0.3) is 0 Å². The largest absolute Gasteiger partial charge is 0.462 e. The molecule has 0 amide bonds. The van der Waals surface area contributed by atoms with E-state index in [-0.39, 0.29) is 31.1 Å². The molecule has 1 unspecified atom stereocenters. The van der Waals surface area contributed by atoms with Crippen LogP contribution in [0.15, 0.2) is 85.1 Å². The second kappa shape index (κ2) is 64.1. The minimum absolute atomic E-state index is 0.0772. The lowest BCUT2D eigenvalue weighted by atomic mass is 10.0. The standard InChI is InChI=1S/C70H122O6/c1-4-7-10-13-16-18-20-22-24-26-28-30-32-34-35-37-38-40-42-44-46-48-50-52-54-57-60-63-69(72)75-66-67(65-74-68(71)62-59-56-15-12-9-6-3)76-70(73)64-61-58-55-53-51-49-47-45-43-41-39-36-33-31-29-27-25-23-21-19-17-14-11-8-5-2/h7,10,16,18,22,24,27-30,34-35,38,40,67H,4-6,8-9,11-15,17,19-21,23,25-26,31-33,36-37,39,41-66H2,1-3H3/b10-7-,18-16-,24-22-,29-27-,30-28-,35-34-,40-38-. The predicted molar refractivity (Wildman–Crippen MR) is 330 cm³/mol. The Balaban J connectivity index is 4.10. The quantitative estimate of drug-likeness (QED) is 0.0261. The van der Waals surface area contributed by atoms with Crippen LogP contribution >= 0.6 is 0 Å². The lowest BCUT2D eigenvalue weighted by Gasteiger charge is -2.18. The zero-order chi connectivity index (χ0) is 55.0. The summed E-state index contributed by atoms with van der Waals surface area (Å²) in [5.41, 5.74) is 0. The van der Waals surface area contributed by atoms with Crippen molar-refractivity contribution in [2.75, 3.05) is 13.2 Å². The van der Waals surface area contributed by atoms with E-state index in [0.717, 1.165) is 103 Å². The first-order valence-corrected chi connectivity index (χ1v) is 32.6. The molecule has 0 aromatic rings. The number of rotatable bonds is 59. The van der Waals surface area contributed by atoms with Crippen LogP contribution in [-0.2, 0) is 28.6 Å². The predicted octanol–water partition coefficient (Wildman–Crippen LogP) is 22.3. The topological polar surface area (TPSA) is 78.9 Å². The van der Waals surface area contributed by atoms with Gasteiger partial charge in [-0.1, -0.05) is 292 Å². The Morgan fingerprint density at radius 1 is 0.276 bits per heavy atom. The molecule has 6 heteroatoms. The molecule has 0 spiro atoms. The zero-order valence-electron chi connectivity index (χ0n) is 50.3. The molecule has 0 saturated carbocycles. The Morgan fingerprint density at radius 3 is 0.816 bits per heavy atom. The van der Waals surface area contributed by atoms with Gasteiger partial charge < -0.3 is 14.2 Å². The average Bonchev–Trinajstić information content (AvgIpc) is 3.42. The number of unbranched alkanes of at least 4 members (excludes halogenated alkanes) is 34. The molecule has 0 radical (unpaired) electrons. The molecule has 1 atom stereocenters. The third kappa shape index (κ3) is 61.4. The summed E-state index contributed by atoms with van der Waals surface area (Å²) in [4.78, 5) is 38.0. The monoisotopic (exact) mass is 1060 g/mol. The third-order valence-corrected chi connectivity index (χ3v) is 14.1. The Bertz CT molecular complexity index is 1450. The Hall–Kier alpha value is -3.41. The van der Waals surface area contributed by atoms with Gasteiger partial charge in [-0.15, -0.1) is 0 Å². The van der Waals surface area contributed by atoms with E-state index in [1.165, 1.54) is 180 Å². The maximum absolute atomic E-state index is 12.9. The lowest BCUT2D eigenvalue weighted by Crippen LogP contribution is -2.30. The van der Waals surface area contributed by atoms with Gasteiger partial charge in [-0.05, 0) is 96.3 Å². The Labute approximate surface area is 471 Å². The fourth-order valence-electron chi connectivity index (χ4n) is 9.27. The highest BCUT2D eigenvalue weighted by Crippen LogP contribution is 2.17. The van der Waals surface area contributed by atoms with Gasteiger partial charge in [-0.3, -0.25) is 14.4 Å². The molecule has 6 nitrogen and oxygen atoms in total. The van der Waals surface area contributed by atoms with Crippen molar-refractivity contribution >= 4 is 17.9 Å². The van der Waals surface area contributed by atoms with Crippen LogP contribution < -0.4 is 0 Å². The van der Waals surface area contributed by atoms with Crippen molar-refractivity contribution < 1.29 is 28.6 Å². The van der Waals surface area contributed by atoms with E-state index in [9.17, 15) is 14.4 Å². The van der Waals surface area contributed by atoms with Crippen molar-refractivity contribution in [2.45, 2.75) is 329 Å². The fourth-order valence-corrected chi connectivity index (χ4v) is 9.27. The maximum atomic E-state index is 12.9. The van der Waals surface area contributed by atoms with Crippen molar-refractivity contribution in [1.29, 1.82) is 0 Å². The van der Waals surface area contributed by atoms with E-state index in [0.29, 0.717) is 19.3 Å². The zero-order valence-corrected chi connectivity index (χ0v) is 50.3. The molecular formula is C70H122O6. The number of esters is 3. The SMILES string of the molecule is CC/C=C\C/C=C\C/C=C\C/C=C\C/C=C\C/C=C\CCCCCCCCCCC(=O)OCC(COC(=O)CCCCCCCC)OC(=O)CCCCCCCCCCCCCCC/C=C\CCCCCCCCCC. The molecule has 0 aliphatic heterocycles. The van der Waals surface area contributed by atoms with Gasteiger partial charge in [0.15, 0.2) is 6.10 Å². The first kappa shape index (κ1) is 72.6. The van der Waals surface area contributed by atoms with Gasteiger partial charge in [0, 0.05) is 19.3 Å². The second-order valence-electron chi connectivity index (χ2n) is 21.6. The highest BCUT2D eigenvalue weighted by molar-refractivity contribution is 5.71. The normalized spacial score (nSPS) is 12.6. The Morgan fingerprint density at radius 2 is 0.513 bits per heavy atom. The molecule has 0 fully saturated rings. The molecule has 0 heterocycles. The summed E-state index contributed by atoms with van der Waals surface area (Å²) in [6.07, 6.45) is 84.9. The second-order valence-corrected chi connectivity index (χ2v) is 21.6. The smallest absolute Gasteiger partial charge is 0.306 e. The lowest BCUT2D eigenvalue weighted by molar-refractivity contribution is -0.167. The highest BCUT2D eigenvalue weighted by Gasteiger charge is 2.19. The molecule has 0 aliphatic rings. The van der Waals surface area contributed by atoms with E-state index in [4.69, 9.17) is 14.2 Å². The van der Waals surface area contributed by atoms with Crippen LogP contribution in [0, 0.1) is 0 Å². The molecule has 76 heavy (non-hydrogen) atoms. The minimum Gasteiger partial charge on any atom is -0.462 e. The average molecular weight is 1060 g/mol. The molecule has 0 aliphatic carbocycles. The molecule has 0 bridgehead atoms. The number of ether oxygens (including phenoxy) is 3. The van der Waals surface area contributed by atoms with E-state index < -0.39 is 6.10 Å². The van der Waals surface area contributed by atoms with Crippen molar-refractivity contribution in [3.63, 3.8) is 0 Å². The molecule has 0 aromatic carbocycles. The molecule has 0 saturated heterocycles. The Kier molecular flexibility index (Phi) is 61.2. The summed E-state index contributed by atoms with van der Waals surface area (Å²) in [5.74, 6) is -0.884. The van der Waals surface area contributed by atoms with Crippen LogP contribution in [0.2, 0.25) is 0 Å². The minimum atomic E-state index is -0.777. The summed E-state index contributed by atoms with van der Waals surface area (Å²) < 4.78 is 16.8. The number of carbonyl (C=O) groups is 3. The summed E-state index contributed by atoms with van der Waals surface area (Å²) in [6, 6.07) is 0. The molecule has 438 valence electrons. The van der Waals surface area contributed by atoms with E-state index >= 15 is 0 Å². The van der Waals surface area contributed by atoms with Crippen LogP contribution in [0.3, 0.4) is 0 Å². The van der Waals surface area contributed by atoms with Crippen LogP contribution in [0.25, 0.3) is 0 Å². The van der Waals surface area contributed by atoms with Gasteiger partial charge in [-0.25, -0.2) is 0 Å². The van der Waals surface area contributed by atoms with Gasteiger partial charge in [-0.2, -0.15) is 0 Å². The van der Waals surface area contributed by atoms with Gasteiger partial charge in [0.2, 0.25) is 0 Å². The molecule has 0 rings (SSSR count). The summed E-state index contributed by atoms with van der Waals surface area (Å²) in [5, 5.41) is 0. The fraction of sp³-hybridized carbons (Fsp3) is 0.757. The summed E-state index contributed by atoms with van der Waals surface area (Å²) in [6.45, 7) is 6.49. The summed E-state index contributed by atoms with van der Waals surface area (Å²) >= 11 is 0. The van der Waals surface area contributed by atoms with Crippen molar-refractivity contribution in [2.24, 2.45) is 0 Å². The maximum Gasteiger partial charge on any atom is 0.306 e. The summed E-state index contributed by atoms with van der Waals surface area (Å²) in [7, 11) is 0. The van der Waals surface area contributed by atoms with Crippen LogP contribution in [-0.4, -0.2) is 37.2 Å². The van der Waals surface area contributed by atoms with Crippen LogP contribution in [0.5, 0.6) is 0 Å². The number of hydrogen-bond acceptors (Lipinski definition) is 6. The first-order valence-electron chi connectivity index (χ1n) is 32.6. The number of hydrogen-bond donors (Lipinski definition) is 0. The van der Waals surface area contributed by atoms with Gasteiger partial charge in [0.1, 0.15) is 13.2 Å². The van der Waals surface area contributed by atoms with Crippen LogP contribution in [0.4, 0.5) is 0 Å². The van der Waals surface area contributed by atoms with Crippen molar-refractivity contribution in [3.8, 4) is 0 Å². The van der Waals surface area contributed by atoms with E-state index in [1.807, 2.05) is 0 Å². The van der Waals surface area contributed by atoms with Crippen molar-refractivity contribution in [3.05, 3.63) is 85.1 Å². The first-order chi connectivity index (χ1) is 37.5. The number of carbonyl (C=O) groups excluding carboxylic acids is 3. The molecule has 0 aromatic heterocycles.